The maximum Gasteiger partial charge on any atom is 0.345 e. The molecule has 0 radical (unpaired) electrons. The highest BCUT2D eigenvalue weighted by Crippen LogP contribution is 2.48. The quantitative estimate of drug-likeness (QED) is 0.499. The molecule has 7 heteroatoms. The van der Waals surface area contributed by atoms with Gasteiger partial charge in [0.05, 0.1) is 13.2 Å². The van der Waals surface area contributed by atoms with E-state index in [-0.39, 0.29) is 25.1 Å². The third-order valence-electron chi connectivity index (χ3n) is 6.04. The summed E-state index contributed by atoms with van der Waals surface area (Å²) in [5.74, 6) is -0.810. The van der Waals surface area contributed by atoms with Crippen LogP contribution in [0, 0.1) is 5.82 Å². The fraction of sp³-hybridized carbons (Fsp3) is 0.231. The minimum Gasteiger partial charge on any atom is -0.464 e. The van der Waals surface area contributed by atoms with Gasteiger partial charge in [0.15, 0.2) is 6.04 Å². The maximum atomic E-state index is 13.6. The van der Waals surface area contributed by atoms with E-state index in [4.69, 9.17) is 9.57 Å². The molecule has 3 aromatic rings. The largest absolute Gasteiger partial charge is 0.464 e. The van der Waals surface area contributed by atoms with Crippen LogP contribution in [0.5, 0.6) is 0 Å². The number of carbonyl (C=O) groups is 2. The first-order valence-electron chi connectivity index (χ1n) is 10.9. The fourth-order valence-corrected chi connectivity index (χ4v) is 4.60. The summed E-state index contributed by atoms with van der Waals surface area (Å²) >= 11 is 0. The molecular weight excluding hydrogens is 423 g/mol. The molecule has 0 saturated carbocycles. The van der Waals surface area contributed by atoms with Crippen LogP contribution in [-0.2, 0) is 21.0 Å². The first kappa shape index (κ1) is 21.2. The van der Waals surface area contributed by atoms with Crippen LogP contribution in [0.2, 0.25) is 0 Å². The second kappa shape index (κ2) is 8.67. The number of hydrogen-bond donors (Lipinski definition) is 0. The number of rotatable bonds is 6. The molecule has 1 fully saturated rings. The Kier molecular flexibility index (Phi) is 5.56. The molecule has 6 nitrogen and oxygen atoms in total. The number of urea groups is 1. The molecule has 1 saturated heterocycles. The summed E-state index contributed by atoms with van der Waals surface area (Å²) in [4.78, 5) is 33.8. The maximum absolute atomic E-state index is 13.6. The summed E-state index contributed by atoms with van der Waals surface area (Å²) in [6.07, 6.45) is 0. The van der Waals surface area contributed by atoms with Gasteiger partial charge in [0.2, 0.25) is 0 Å². The van der Waals surface area contributed by atoms with Crippen molar-refractivity contribution in [2.45, 2.75) is 25.6 Å². The van der Waals surface area contributed by atoms with Crippen molar-refractivity contribution in [3.63, 3.8) is 0 Å². The van der Waals surface area contributed by atoms with Gasteiger partial charge in [-0.15, -0.1) is 0 Å². The molecule has 5 rings (SSSR count). The summed E-state index contributed by atoms with van der Waals surface area (Å²) in [5, 5.41) is 1.36. The number of benzene rings is 3. The predicted octanol–water partition coefficient (Wildman–Crippen LogP) is 5.02. The third kappa shape index (κ3) is 3.74. The normalized spacial score (nSPS) is 18.9. The fourth-order valence-electron chi connectivity index (χ4n) is 4.60. The number of halogens is 1. The third-order valence-corrected chi connectivity index (χ3v) is 6.04. The number of ether oxygens (including phenoxy) is 1. The number of hydroxylamine groups is 2. The van der Waals surface area contributed by atoms with Crippen LogP contribution < -0.4 is 0 Å². The molecule has 2 aliphatic rings. The van der Waals surface area contributed by atoms with E-state index in [1.165, 1.54) is 22.1 Å². The second-order valence-corrected chi connectivity index (χ2v) is 8.01. The number of fused-ring (bicyclic) bond motifs is 4. The van der Waals surface area contributed by atoms with Crippen molar-refractivity contribution in [1.82, 2.24) is 9.96 Å². The Balaban J connectivity index is 1.59. The van der Waals surface area contributed by atoms with Crippen molar-refractivity contribution < 1.29 is 23.6 Å². The lowest BCUT2D eigenvalue weighted by molar-refractivity contribution is -0.149. The van der Waals surface area contributed by atoms with E-state index in [0.29, 0.717) is 12.1 Å². The Morgan fingerprint density at radius 1 is 1.03 bits per heavy atom. The topological polar surface area (TPSA) is 59.1 Å². The van der Waals surface area contributed by atoms with Gasteiger partial charge in [0.1, 0.15) is 18.5 Å². The number of esters is 1. The summed E-state index contributed by atoms with van der Waals surface area (Å²) in [5.41, 5.74) is 4.07. The second-order valence-electron chi connectivity index (χ2n) is 8.01. The van der Waals surface area contributed by atoms with Crippen LogP contribution >= 0.6 is 0 Å². The summed E-state index contributed by atoms with van der Waals surface area (Å²) in [6.45, 7) is 2.46. The molecule has 0 aliphatic carbocycles. The van der Waals surface area contributed by atoms with Crippen LogP contribution in [0.1, 0.15) is 35.7 Å². The van der Waals surface area contributed by atoms with E-state index in [2.05, 4.69) is 0 Å². The molecule has 2 bridgehead atoms. The zero-order valence-corrected chi connectivity index (χ0v) is 18.1. The minimum atomic E-state index is -0.866. The molecule has 2 amide bonds. The molecule has 2 aliphatic heterocycles. The van der Waals surface area contributed by atoms with Crippen LogP contribution in [0.15, 0.2) is 72.8 Å². The first-order chi connectivity index (χ1) is 16.1. The molecule has 0 spiro atoms. The molecule has 2 atom stereocenters. The average Bonchev–Trinajstić information content (AvgIpc) is 3.10. The van der Waals surface area contributed by atoms with Crippen molar-refractivity contribution in [2.24, 2.45) is 0 Å². The first-order valence-corrected chi connectivity index (χ1v) is 10.9. The van der Waals surface area contributed by atoms with E-state index in [1.807, 2.05) is 48.5 Å². The number of amides is 2. The van der Waals surface area contributed by atoms with Gasteiger partial charge in [-0.2, -0.15) is 5.06 Å². The van der Waals surface area contributed by atoms with Gasteiger partial charge in [0, 0.05) is 0 Å². The van der Waals surface area contributed by atoms with E-state index >= 15 is 0 Å². The van der Waals surface area contributed by atoms with E-state index in [1.54, 1.807) is 19.1 Å². The highest BCUT2D eigenvalue weighted by Gasteiger charge is 2.52. The number of nitrogens with zero attached hydrogens (tertiary/aromatic N) is 2. The van der Waals surface area contributed by atoms with Gasteiger partial charge in [-0.3, -0.25) is 4.84 Å². The molecule has 0 N–H and O–H groups in total. The van der Waals surface area contributed by atoms with Gasteiger partial charge in [-0.05, 0) is 46.9 Å². The Labute approximate surface area is 191 Å². The molecule has 3 aromatic carbocycles. The van der Waals surface area contributed by atoms with Crippen LogP contribution in [0.3, 0.4) is 0 Å². The van der Waals surface area contributed by atoms with Crippen molar-refractivity contribution >= 4 is 12.0 Å². The van der Waals surface area contributed by atoms with Crippen molar-refractivity contribution in [1.29, 1.82) is 0 Å². The zero-order valence-electron chi connectivity index (χ0n) is 18.1. The van der Waals surface area contributed by atoms with Gasteiger partial charge < -0.3 is 9.64 Å². The predicted molar refractivity (Wildman–Crippen MR) is 119 cm³/mol. The highest BCUT2D eigenvalue weighted by atomic mass is 19.1. The molecular formula is C26H23FN2O4. The molecule has 0 aromatic heterocycles. The standard InChI is InChI=1S/C26H23FN2O4/c1-2-32-25(30)24-21-10-6-9-20(18-11-13-19(27)14-12-18)23(21)22-15-28(24)26(31)29(22)33-16-17-7-4-3-5-8-17/h3-14,22,24H,2,15-16H2,1H3. The van der Waals surface area contributed by atoms with Crippen LogP contribution in [0.4, 0.5) is 9.18 Å². The molecule has 168 valence electrons. The van der Waals surface area contributed by atoms with Crippen molar-refractivity contribution in [3.8, 4) is 11.1 Å². The van der Waals surface area contributed by atoms with Crippen molar-refractivity contribution in [3.05, 3.63) is 95.3 Å². The Morgan fingerprint density at radius 2 is 1.79 bits per heavy atom. The summed E-state index contributed by atoms with van der Waals surface area (Å²) in [6, 6.07) is 19.7. The van der Waals surface area contributed by atoms with Crippen molar-refractivity contribution in [2.75, 3.05) is 13.2 Å². The van der Waals surface area contributed by atoms with E-state index < -0.39 is 18.1 Å². The van der Waals surface area contributed by atoms with E-state index in [9.17, 15) is 14.0 Å². The molecule has 2 unspecified atom stereocenters. The van der Waals surface area contributed by atoms with Crippen LogP contribution in [0.25, 0.3) is 11.1 Å². The number of hydrogen-bond acceptors (Lipinski definition) is 4. The highest BCUT2D eigenvalue weighted by molar-refractivity contribution is 5.90. The zero-order chi connectivity index (χ0) is 22.9. The number of carbonyl (C=O) groups excluding carboxylic acids is 2. The van der Waals surface area contributed by atoms with Gasteiger partial charge in [-0.25, -0.2) is 14.0 Å². The Bertz CT molecular complexity index is 1180. The SMILES string of the molecule is CCOC(=O)C1c2cccc(-c3ccc(F)cc3)c2C2CN1C(=O)N2OCc1ccccc1. The van der Waals surface area contributed by atoms with Gasteiger partial charge in [-0.1, -0.05) is 60.7 Å². The Hall–Kier alpha value is -3.71. The minimum absolute atomic E-state index is 0.210. The Morgan fingerprint density at radius 3 is 2.52 bits per heavy atom. The lowest BCUT2D eigenvalue weighted by Gasteiger charge is -2.32. The van der Waals surface area contributed by atoms with Gasteiger partial charge >= 0.3 is 12.0 Å². The lowest BCUT2D eigenvalue weighted by atomic mass is 9.85. The van der Waals surface area contributed by atoms with Gasteiger partial charge in [0.25, 0.3) is 0 Å². The smallest absolute Gasteiger partial charge is 0.345 e. The van der Waals surface area contributed by atoms with Crippen LogP contribution in [-0.4, -0.2) is 35.1 Å². The monoisotopic (exact) mass is 446 g/mol. The lowest BCUT2D eigenvalue weighted by Crippen LogP contribution is -2.39. The molecule has 2 heterocycles. The summed E-state index contributed by atoms with van der Waals surface area (Å²) in [7, 11) is 0. The molecule has 33 heavy (non-hydrogen) atoms. The average molecular weight is 446 g/mol. The van der Waals surface area contributed by atoms with E-state index in [0.717, 1.165) is 22.3 Å². The summed E-state index contributed by atoms with van der Waals surface area (Å²) < 4.78 is 18.9.